The van der Waals surface area contributed by atoms with E-state index >= 15 is 0 Å². The van der Waals surface area contributed by atoms with Gasteiger partial charge in [-0.05, 0) is 41.8 Å². The van der Waals surface area contributed by atoms with Crippen molar-refractivity contribution in [1.29, 1.82) is 0 Å². The van der Waals surface area contributed by atoms with Crippen LogP contribution in [0.25, 0.3) is 0 Å². The summed E-state index contributed by atoms with van der Waals surface area (Å²) in [6.45, 7) is 7.51. The number of benzene rings is 1. The minimum absolute atomic E-state index is 0.0163. The van der Waals surface area contributed by atoms with Crippen molar-refractivity contribution in [3.8, 4) is 5.75 Å². The van der Waals surface area contributed by atoms with Crippen molar-refractivity contribution in [3.63, 3.8) is 0 Å². The largest absolute Gasteiger partial charge is 0.486 e. The van der Waals surface area contributed by atoms with Crippen molar-refractivity contribution in [2.45, 2.75) is 45.6 Å². The summed E-state index contributed by atoms with van der Waals surface area (Å²) in [6.07, 6.45) is 4.76. The van der Waals surface area contributed by atoms with Crippen LogP contribution in [0.15, 0.2) is 53.5 Å². The van der Waals surface area contributed by atoms with Crippen LogP contribution in [-0.2, 0) is 24.4 Å². The molecule has 11 heteroatoms. The third-order valence-corrected chi connectivity index (χ3v) is 7.16. The standard InChI is InChI=1S/C29H36N6O5/c1-19(2)29(38)35-14-23(15-35)33-27-10-21(5-7-31-27)28(37)32-11-24(36)16-34-8-6-20-9-25(4-3-22(20)13-34)39-17-26-12-30-18-40-26/h3-5,7,9-10,12,18-19,23-24,36H,6,8,11,13-17H2,1-2H3,(H,31,33)(H,32,37)/t24-/m0/s1. The number of nitrogens with zero attached hydrogens (tertiary/aromatic N) is 4. The van der Waals surface area contributed by atoms with Crippen LogP contribution in [0, 0.1) is 5.92 Å². The minimum atomic E-state index is -0.700. The Kier molecular flexibility index (Phi) is 8.61. The number of nitrogens with one attached hydrogen (secondary N) is 2. The summed E-state index contributed by atoms with van der Waals surface area (Å²) in [4.78, 5) is 37.0. The molecule has 3 aromatic rings. The fraction of sp³-hybridized carbons (Fsp3) is 0.448. The van der Waals surface area contributed by atoms with Crippen LogP contribution < -0.4 is 15.4 Å². The van der Waals surface area contributed by atoms with Gasteiger partial charge in [0.2, 0.25) is 5.91 Å². The topological polar surface area (TPSA) is 133 Å². The lowest BCUT2D eigenvalue weighted by Crippen LogP contribution is -2.58. The highest BCUT2D eigenvalue weighted by atomic mass is 16.5. The third-order valence-electron chi connectivity index (χ3n) is 7.16. The normalized spacial score (nSPS) is 16.2. The van der Waals surface area contributed by atoms with Crippen molar-refractivity contribution in [2.75, 3.05) is 38.0 Å². The van der Waals surface area contributed by atoms with E-state index in [9.17, 15) is 14.7 Å². The summed E-state index contributed by atoms with van der Waals surface area (Å²) >= 11 is 0. The molecule has 40 heavy (non-hydrogen) atoms. The number of hydrogen-bond acceptors (Lipinski definition) is 9. The molecule has 4 heterocycles. The zero-order valence-corrected chi connectivity index (χ0v) is 22.9. The lowest BCUT2D eigenvalue weighted by atomic mass is 9.99. The Labute approximate surface area is 233 Å². The molecule has 5 rings (SSSR count). The molecule has 0 saturated carbocycles. The highest BCUT2D eigenvalue weighted by Crippen LogP contribution is 2.25. The number of ether oxygens (including phenoxy) is 1. The van der Waals surface area contributed by atoms with E-state index < -0.39 is 6.10 Å². The van der Waals surface area contributed by atoms with E-state index in [1.807, 2.05) is 24.8 Å². The number of likely N-dealkylation sites (tertiary alicyclic amines) is 1. The molecule has 1 atom stereocenters. The van der Waals surface area contributed by atoms with Gasteiger partial charge >= 0.3 is 0 Å². The highest BCUT2D eigenvalue weighted by molar-refractivity contribution is 5.94. The van der Waals surface area contributed by atoms with Crippen LogP contribution in [0.1, 0.15) is 41.1 Å². The van der Waals surface area contributed by atoms with Crippen LogP contribution in [0.4, 0.5) is 5.82 Å². The van der Waals surface area contributed by atoms with Gasteiger partial charge in [0.25, 0.3) is 5.91 Å². The summed E-state index contributed by atoms with van der Waals surface area (Å²) in [5.74, 6) is 1.91. The molecule has 2 amide bonds. The highest BCUT2D eigenvalue weighted by Gasteiger charge is 2.31. The Bertz CT molecular complexity index is 1310. The molecule has 0 spiro atoms. The second kappa shape index (κ2) is 12.5. The van der Waals surface area contributed by atoms with Gasteiger partial charge in [-0.15, -0.1) is 0 Å². The molecule has 1 fully saturated rings. The van der Waals surface area contributed by atoms with Crippen molar-refractivity contribution in [3.05, 3.63) is 71.6 Å². The van der Waals surface area contributed by atoms with Crippen molar-refractivity contribution in [1.82, 2.24) is 25.1 Å². The first kappa shape index (κ1) is 27.6. The third kappa shape index (κ3) is 6.97. The first-order valence-electron chi connectivity index (χ1n) is 13.7. The Hall–Kier alpha value is -3.96. The van der Waals surface area contributed by atoms with Gasteiger partial charge in [0.05, 0.1) is 18.3 Å². The summed E-state index contributed by atoms with van der Waals surface area (Å²) in [5.41, 5.74) is 2.90. The number of aromatic nitrogens is 2. The van der Waals surface area contributed by atoms with Gasteiger partial charge in [-0.2, -0.15) is 0 Å². The monoisotopic (exact) mass is 548 g/mol. The Morgan fingerprint density at radius 1 is 1.20 bits per heavy atom. The van der Waals surface area contributed by atoms with Gasteiger partial charge in [-0.3, -0.25) is 14.5 Å². The number of oxazole rings is 1. The molecule has 0 aliphatic carbocycles. The van der Waals surface area contributed by atoms with Crippen LogP contribution in [0.5, 0.6) is 5.75 Å². The van der Waals surface area contributed by atoms with Gasteiger partial charge in [0.15, 0.2) is 12.2 Å². The van der Waals surface area contributed by atoms with Gasteiger partial charge in [-0.25, -0.2) is 9.97 Å². The number of fused-ring (bicyclic) bond motifs is 1. The summed E-state index contributed by atoms with van der Waals surface area (Å²) in [5, 5.41) is 16.7. The van der Waals surface area contributed by atoms with Crippen LogP contribution in [-0.4, -0.2) is 81.6 Å². The molecule has 0 unspecified atom stereocenters. The molecule has 0 radical (unpaired) electrons. The number of aliphatic hydroxyl groups excluding tert-OH is 1. The molecular weight excluding hydrogens is 512 g/mol. The quantitative estimate of drug-likeness (QED) is 0.329. The fourth-order valence-electron chi connectivity index (χ4n) is 4.95. The number of rotatable bonds is 11. The van der Waals surface area contributed by atoms with E-state index in [1.54, 1.807) is 24.5 Å². The molecule has 1 aromatic carbocycles. The molecular formula is C29H36N6O5. The van der Waals surface area contributed by atoms with Crippen LogP contribution in [0.2, 0.25) is 0 Å². The van der Waals surface area contributed by atoms with Crippen molar-refractivity contribution < 1.29 is 23.8 Å². The maximum absolute atomic E-state index is 12.7. The Balaban J connectivity index is 1.04. The number of anilines is 1. The molecule has 2 aliphatic rings. The first-order chi connectivity index (χ1) is 19.3. The number of aliphatic hydroxyl groups is 1. The summed E-state index contributed by atoms with van der Waals surface area (Å²) in [7, 11) is 0. The molecule has 212 valence electrons. The summed E-state index contributed by atoms with van der Waals surface area (Å²) in [6, 6.07) is 9.52. The van der Waals surface area contributed by atoms with E-state index in [0.29, 0.717) is 43.4 Å². The van der Waals surface area contributed by atoms with E-state index in [1.165, 1.54) is 17.5 Å². The first-order valence-corrected chi connectivity index (χ1v) is 13.7. The van der Waals surface area contributed by atoms with E-state index in [0.717, 1.165) is 25.3 Å². The lowest BCUT2D eigenvalue weighted by molar-refractivity contribution is -0.138. The SMILES string of the molecule is CC(C)C(=O)N1CC(Nc2cc(C(=O)NC[C@H](O)CN3CCc4cc(OCc5cnco5)ccc4C3)ccn2)C1. The summed E-state index contributed by atoms with van der Waals surface area (Å²) < 4.78 is 11.0. The number of pyridine rings is 1. The Morgan fingerprint density at radius 2 is 2.05 bits per heavy atom. The number of β-amino-alcohol motifs (C(OH)–C–C–N with tert-alkyl or cyclic N) is 1. The van der Waals surface area contributed by atoms with Gasteiger partial charge in [0.1, 0.15) is 18.2 Å². The molecule has 2 aromatic heterocycles. The van der Waals surface area contributed by atoms with E-state index in [-0.39, 0.29) is 30.3 Å². The average Bonchev–Trinajstić information content (AvgIpc) is 3.46. The predicted molar refractivity (Wildman–Crippen MR) is 148 cm³/mol. The zero-order valence-electron chi connectivity index (χ0n) is 22.9. The Morgan fingerprint density at radius 3 is 2.83 bits per heavy atom. The van der Waals surface area contributed by atoms with Gasteiger partial charge in [-0.1, -0.05) is 19.9 Å². The fourth-order valence-corrected chi connectivity index (χ4v) is 4.95. The maximum Gasteiger partial charge on any atom is 0.251 e. The van der Waals surface area contributed by atoms with Gasteiger partial charge in [0, 0.05) is 56.9 Å². The molecule has 1 saturated heterocycles. The van der Waals surface area contributed by atoms with Crippen molar-refractivity contribution in [2.24, 2.45) is 5.92 Å². The van der Waals surface area contributed by atoms with Crippen LogP contribution >= 0.6 is 0 Å². The van der Waals surface area contributed by atoms with E-state index in [2.05, 4.69) is 37.6 Å². The number of carbonyl (C=O) groups is 2. The number of amides is 2. The smallest absolute Gasteiger partial charge is 0.251 e. The second-order valence-corrected chi connectivity index (χ2v) is 10.7. The maximum atomic E-state index is 12.7. The lowest BCUT2D eigenvalue weighted by Gasteiger charge is -2.40. The molecule has 2 aliphatic heterocycles. The van der Waals surface area contributed by atoms with Crippen molar-refractivity contribution >= 4 is 17.6 Å². The number of hydrogen-bond donors (Lipinski definition) is 3. The molecule has 11 nitrogen and oxygen atoms in total. The van der Waals surface area contributed by atoms with E-state index in [4.69, 9.17) is 9.15 Å². The molecule has 0 bridgehead atoms. The second-order valence-electron chi connectivity index (χ2n) is 10.7. The average molecular weight is 549 g/mol. The van der Waals surface area contributed by atoms with Crippen LogP contribution in [0.3, 0.4) is 0 Å². The molecule has 3 N–H and O–H groups in total. The number of carbonyl (C=O) groups excluding carboxylic acids is 2. The van der Waals surface area contributed by atoms with Gasteiger partial charge < -0.3 is 29.8 Å². The predicted octanol–water partition coefficient (Wildman–Crippen LogP) is 2.08. The minimum Gasteiger partial charge on any atom is -0.486 e. The zero-order chi connectivity index (χ0) is 28.1.